The predicted octanol–water partition coefficient (Wildman–Crippen LogP) is 1.97. The number of hydrogen-bond donors (Lipinski definition) is 1. The molecule has 1 atom stereocenters. The number of rotatable bonds is 3. The van der Waals surface area contributed by atoms with Gasteiger partial charge in [-0.2, -0.15) is 0 Å². The quantitative estimate of drug-likeness (QED) is 0.810. The Hall–Kier alpha value is -0.190. The van der Waals surface area contributed by atoms with E-state index in [4.69, 9.17) is 0 Å². The van der Waals surface area contributed by atoms with Gasteiger partial charge in [-0.3, -0.25) is 0 Å². The highest BCUT2D eigenvalue weighted by molar-refractivity contribution is 9.10. The zero-order valence-electron chi connectivity index (χ0n) is 6.00. The molecule has 0 aliphatic rings. The summed E-state index contributed by atoms with van der Waals surface area (Å²) in [4.78, 5) is 11.5. The normalized spacial score (nSPS) is 12.9. The minimum Gasteiger partial charge on any atom is -0.306 e. The first kappa shape index (κ1) is 8.90. The topological polar surface area (TPSA) is 29.1 Å². The number of nitrogens with one attached hydrogen (secondary N) is 1. The van der Waals surface area contributed by atoms with Crippen LogP contribution in [-0.4, -0.2) is 13.3 Å². The zero-order chi connectivity index (χ0) is 8.27. The van der Waals surface area contributed by atoms with Crippen LogP contribution in [-0.2, 0) is 4.79 Å². The lowest BCUT2D eigenvalue weighted by atomic mass is 10.3. The van der Waals surface area contributed by atoms with Crippen LogP contribution in [0, 0.1) is 0 Å². The first-order chi connectivity index (χ1) is 5.27. The third-order valence-electron chi connectivity index (χ3n) is 1.34. The first-order valence-corrected chi connectivity index (χ1v) is 4.81. The van der Waals surface area contributed by atoms with E-state index in [2.05, 4.69) is 21.2 Å². The molecule has 0 aliphatic heterocycles. The van der Waals surface area contributed by atoms with Crippen LogP contribution in [0.5, 0.6) is 0 Å². The SMILES string of the molecule is CNC(C=O)c1cc(Br)cs1. The summed E-state index contributed by atoms with van der Waals surface area (Å²) in [6.07, 6.45) is 0.901. The van der Waals surface area contributed by atoms with Crippen molar-refractivity contribution in [2.45, 2.75) is 6.04 Å². The molecule has 1 heterocycles. The summed E-state index contributed by atoms with van der Waals surface area (Å²) in [7, 11) is 1.77. The van der Waals surface area contributed by atoms with Crippen LogP contribution < -0.4 is 5.32 Å². The molecule has 0 aliphatic carbocycles. The number of likely N-dealkylation sites (N-methyl/N-ethyl adjacent to an activating group) is 1. The fraction of sp³-hybridized carbons (Fsp3) is 0.286. The average molecular weight is 234 g/mol. The van der Waals surface area contributed by atoms with Crippen molar-refractivity contribution >= 4 is 33.6 Å². The van der Waals surface area contributed by atoms with E-state index in [9.17, 15) is 4.79 Å². The van der Waals surface area contributed by atoms with E-state index in [1.165, 1.54) is 0 Å². The molecule has 0 spiro atoms. The maximum atomic E-state index is 10.5. The third kappa shape index (κ3) is 2.12. The largest absolute Gasteiger partial charge is 0.306 e. The van der Waals surface area contributed by atoms with Crippen LogP contribution in [0.4, 0.5) is 0 Å². The molecular weight excluding hydrogens is 226 g/mol. The number of carbonyl (C=O) groups excluding carboxylic acids is 1. The van der Waals surface area contributed by atoms with E-state index in [0.29, 0.717) is 0 Å². The van der Waals surface area contributed by atoms with Crippen molar-refractivity contribution in [3.63, 3.8) is 0 Å². The lowest BCUT2D eigenvalue weighted by molar-refractivity contribution is -0.109. The van der Waals surface area contributed by atoms with Gasteiger partial charge in [0.2, 0.25) is 0 Å². The molecule has 0 aromatic carbocycles. The maximum Gasteiger partial charge on any atom is 0.142 e. The van der Waals surface area contributed by atoms with Gasteiger partial charge in [-0.1, -0.05) is 0 Å². The number of hydrogen-bond acceptors (Lipinski definition) is 3. The Morgan fingerprint density at radius 1 is 1.82 bits per heavy atom. The fourth-order valence-corrected chi connectivity index (χ4v) is 2.28. The van der Waals surface area contributed by atoms with E-state index < -0.39 is 0 Å². The summed E-state index contributed by atoms with van der Waals surface area (Å²) >= 11 is 4.89. The molecule has 2 nitrogen and oxygen atoms in total. The van der Waals surface area contributed by atoms with Gasteiger partial charge in [0, 0.05) is 14.7 Å². The summed E-state index contributed by atoms with van der Waals surface area (Å²) in [5.74, 6) is 0. The highest BCUT2D eigenvalue weighted by Gasteiger charge is 2.08. The number of thiophene rings is 1. The van der Waals surface area contributed by atoms with Gasteiger partial charge >= 0.3 is 0 Å². The Morgan fingerprint density at radius 3 is 2.91 bits per heavy atom. The monoisotopic (exact) mass is 233 g/mol. The van der Waals surface area contributed by atoms with Gasteiger partial charge in [0.1, 0.15) is 6.29 Å². The Labute approximate surface area is 77.7 Å². The lowest BCUT2D eigenvalue weighted by Crippen LogP contribution is -2.15. The van der Waals surface area contributed by atoms with E-state index in [0.717, 1.165) is 15.6 Å². The highest BCUT2D eigenvalue weighted by atomic mass is 79.9. The first-order valence-electron chi connectivity index (χ1n) is 3.14. The molecular formula is C7H8BrNOS. The van der Waals surface area contributed by atoms with Crippen molar-refractivity contribution in [1.29, 1.82) is 0 Å². The molecule has 0 bridgehead atoms. The molecule has 0 amide bonds. The second-order valence-electron chi connectivity index (χ2n) is 2.07. The molecule has 0 saturated heterocycles. The van der Waals surface area contributed by atoms with Gasteiger partial charge in [-0.05, 0) is 29.0 Å². The van der Waals surface area contributed by atoms with Crippen molar-refractivity contribution in [2.75, 3.05) is 7.05 Å². The summed E-state index contributed by atoms with van der Waals surface area (Å²) in [6.45, 7) is 0. The molecule has 1 aromatic heterocycles. The van der Waals surface area contributed by atoms with E-state index in [1.54, 1.807) is 18.4 Å². The Morgan fingerprint density at radius 2 is 2.55 bits per heavy atom. The summed E-state index contributed by atoms with van der Waals surface area (Å²) < 4.78 is 1.03. The molecule has 0 radical (unpaired) electrons. The van der Waals surface area contributed by atoms with Crippen molar-refractivity contribution in [3.8, 4) is 0 Å². The van der Waals surface area contributed by atoms with Crippen LogP contribution in [0.25, 0.3) is 0 Å². The molecule has 1 rings (SSSR count). The smallest absolute Gasteiger partial charge is 0.142 e. The van der Waals surface area contributed by atoms with Crippen LogP contribution in [0.1, 0.15) is 10.9 Å². The summed E-state index contributed by atoms with van der Waals surface area (Å²) in [5.41, 5.74) is 0. The van der Waals surface area contributed by atoms with E-state index in [1.807, 2.05) is 11.4 Å². The van der Waals surface area contributed by atoms with Gasteiger partial charge in [0.25, 0.3) is 0 Å². The standard InChI is InChI=1S/C7H8BrNOS/c1-9-6(3-10)7-2-5(8)4-11-7/h2-4,6,9H,1H3. The van der Waals surface area contributed by atoms with Crippen LogP contribution in [0.3, 0.4) is 0 Å². The second-order valence-corrected chi connectivity index (χ2v) is 3.93. The van der Waals surface area contributed by atoms with Crippen molar-refractivity contribution in [2.24, 2.45) is 0 Å². The Balaban J connectivity index is 2.81. The summed E-state index contributed by atoms with van der Waals surface area (Å²) in [5, 5.41) is 4.86. The molecule has 0 saturated carbocycles. The average Bonchev–Trinajstić information content (AvgIpc) is 2.39. The number of aldehydes is 1. The second kappa shape index (κ2) is 3.99. The minimum atomic E-state index is -0.161. The van der Waals surface area contributed by atoms with Gasteiger partial charge in [-0.25, -0.2) is 0 Å². The van der Waals surface area contributed by atoms with Crippen LogP contribution in [0.2, 0.25) is 0 Å². The van der Waals surface area contributed by atoms with Gasteiger partial charge in [0.05, 0.1) is 6.04 Å². The predicted molar refractivity (Wildman–Crippen MR) is 49.9 cm³/mol. The van der Waals surface area contributed by atoms with Crippen molar-refractivity contribution in [3.05, 3.63) is 20.8 Å². The Bertz CT molecular complexity index is 248. The van der Waals surface area contributed by atoms with Gasteiger partial charge in [0.15, 0.2) is 0 Å². The van der Waals surface area contributed by atoms with E-state index >= 15 is 0 Å². The molecule has 60 valence electrons. The van der Waals surface area contributed by atoms with E-state index in [-0.39, 0.29) is 6.04 Å². The molecule has 11 heavy (non-hydrogen) atoms. The molecule has 1 aromatic rings. The zero-order valence-corrected chi connectivity index (χ0v) is 8.41. The molecule has 4 heteroatoms. The van der Waals surface area contributed by atoms with Crippen molar-refractivity contribution in [1.82, 2.24) is 5.32 Å². The van der Waals surface area contributed by atoms with Crippen molar-refractivity contribution < 1.29 is 4.79 Å². The number of halogens is 1. The maximum absolute atomic E-state index is 10.5. The fourth-order valence-electron chi connectivity index (χ4n) is 0.769. The molecule has 1 unspecified atom stereocenters. The van der Waals surface area contributed by atoms with Crippen LogP contribution >= 0.6 is 27.3 Å². The highest BCUT2D eigenvalue weighted by Crippen LogP contribution is 2.24. The van der Waals surface area contributed by atoms with Gasteiger partial charge < -0.3 is 10.1 Å². The molecule has 0 fully saturated rings. The minimum absolute atomic E-state index is 0.161. The molecule has 1 N–H and O–H groups in total. The van der Waals surface area contributed by atoms with Gasteiger partial charge in [-0.15, -0.1) is 11.3 Å². The number of carbonyl (C=O) groups is 1. The Kier molecular flexibility index (Phi) is 3.23. The summed E-state index contributed by atoms with van der Waals surface area (Å²) in [6, 6.07) is 1.78. The third-order valence-corrected chi connectivity index (χ3v) is 3.12. The lowest BCUT2D eigenvalue weighted by Gasteiger charge is -2.03. The van der Waals surface area contributed by atoms with Crippen LogP contribution in [0.15, 0.2) is 15.9 Å².